The molecule has 0 bridgehead atoms. The fourth-order valence-corrected chi connectivity index (χ4v) is 3.89. The van der Waals surface area contributed by atoms with E-state index in [1.165, 1.54) is 67.6 Å². The summed E-state index contributed by atoms with van der Waals surface area (Å²) in [5.74, 6) is 0. The van der Waals surface area contributed by atoms with E-state index in [1.807, 2.05) is 0 Å². The Morgan fingerprint density at radius 2 is 2.25 bits per heavy atom. The Morgan fingerprint density at radius 1 is 1.30 bits per heavy atom. The first-order chi connectivity index (χ1) is 9.86. The van der Waals surface area contributed by atoms with Crippen molar-refractivity contribution in [3.63, 3.8) is 0 Å². The van der Waals surface area contributed by atoms with Gasteiger partial charge in [0.05, 0.1) is 0 Å². The molecule has 2 aliphatic rings. The van der Waals surface area contributed by atoms with Crippen LogP contribution >= 0.6 is 0 Å². The normalized spacial score (nSPS) is 22.2. The Labute approximate surface area is 120 Å². The van der Waals surface area contributed by atoms with Crippen LogP contribution in [0.25, 0.3) is 10.9 Å². The van der Waals surface area contributed by atoms with Gasteiger partial charge in [-0.05, 0) is 37.1 Å². The maximum atomic E-state index is 3.43. The molecular weight excluding hydrogens is 246 g/mol. The average molecular weight is 269 g/mol. The van der Waals surface area contributed by atoms with Gasteiger partial charge in [-0.15, -0.1) is 0 Å². The summed E-state index contributed by atoms with van der Waals surface area (Å²) in [7, 11) is 0. The molecule has 1 N–H and O–H groups in total. The average Bonchev–Trinajstić information content (AvgIpc) is 2.90. The van der Waals surface area contributed by atoms with Gasteiger partial charge in [-0.2, -0.15) is 0 Å². The molecule has 0 amide bonds. The fourth-order valence-electron chi connectivity index (χ4n) is 3.89. The van der Waals surface area contributed by atoms with Crippen molar-refractivity contribution in [2.24, 2.45) is 0 Å². The smallest absolute Gasteiger partial charge is 0.0477 e. The predicted octanol–water partition coefficient (Wildman–Crippen LogP) is 3.01. The zero-order valence-electron chi connectivity index (χ0n) is 12.2. The number of fused-ring (bicyclic) bond motifs is 2. The molecule has 1 aromatic heterocycles. The Bertz CT molecular complexity index is 616. The van der Waals surface area contributed by atoms with Gasteiger partial charge in [0.1, 0.15) is 0 Å². The van der Waals surface area contributed by atoms with Crippen molar-refractivity contribution in [2.75, 3.05) is 31.1 Å². The van der Waals surface area contributed by atoms with E-state index in [-0.39, 0.29) is 0 Å². The third-order valence-corrected chi connectivity index (χ3v) is 4.93. The van der Waals surface area contributed by atoms with Gasteiger partial charge in [0, 0.05) is 48.5 Å². The Hall–Kier alpha value is -1.48. The van der Waals surface area contributed by atoms with Crippen LogP contribution in [0.1, 0.15) is 25.3 Å². The monoisotopic (exact) mass is 269 g/mol. The van der Waals surface area contributed by atoms with E-state index in [1.54, 1.807) is 0 Å². The molecule has 3 heterocycles. The van der Waals surface area contributed by atoms with Gasteiger partial charge < -0.3 is 9.88 Å². The van der Waals surface area contributed by atoms with E-state index in [0.717, 1.165) is 0 Å². The van der Waals surface area contributed by atoms with Crippen LogP contribution < -0.4 is 4.90 Å². The summed E-state index contributed by atoms with van der Waals surface area (Å²) >= 11 is 0. The SMILES string of the molecule is CCCCN1CCN2c3cccc4[nH]cc(c34)CC2C1. The van der Waals surface area contributed by atoms with Crippen LogP contribution in [0.3, 0.4) is 0 Å². The third-order valence-electron chi connectivity index (χ3n) is 4.93. The molecule has 0 aliphatic carbocycles. The summed E-state index contributed by atoms with van der Waals surface area (Å²) in [5, 5.41) is 1.46. The summed E-state index contributed by atoms with van der Waals surface area (Å²) in [6.07, 6.45) is 6.04. The van der Waals surface area contributed by atoms with Crippen LogP contribution in [0.4, 0.5) is 5.69 Å². The van der Waals surface area contributed by atoms with E-state index < -0.39 is 0 Å². The van der Waals surface area contributed by atoms with Crippen LogP contribution in [0, 0.1) is 0 Å². The number of unbranched alkanes of at least 4 members (excludes halogenated alkanes) is 1. The van der Waals surface area contributed by atoms with Crippen LogP contribution in [0.2, 0.25) is 0 Å². The number of hydrogen-bond donors (Lipinski definition) is 1. The lowest BCUT2D eigenvalue weighted by Crippen LogP contribution is -2.55. The van der Waals surface area contributed by atoms with E-state index in [4.69, 9.17) is 0 Å². The third kappa shape index (κ3) is 1.84. The number of hydrogen-bond acceptors (Lipinski definition) is 2. The lowest BCUT2D eigenvalue weighted by Gasteiger charge is -2.45. The van der Waals surface area contributed by atoms with Crippen LogP contribution in [-0.4, -0.2) is 42.1 Å². The van der Waals surface area contributed by atoms with E-state index >= 15 is 0 Å². The van der Waals surface area contributed by atoms with Gasteiger partial charge in [-0.3, -0.25) is 4.90 Å². The first-order valence-electron chi connectivity index (χ1n) is 7.95. The maximum Gasteiger partial charge on any atom is 0.0477 e. The number of nitrogens with one attached hydrogen (secondary N) is 1. The minimum Gasteiger partial charge on any atom is -0.365 e. The molecule has 3 heteroatoms. The number of H-pyrrole nitrogens is 1. The predicted molar refractivity (Wildman–Crippen MR) is 84.5 cm³/mol. The second-order valence-electron chi connectivity index (χ2n) is 6.22. The lowest BCUT2D eigenvalue weighted by molar-refractivity contribution is 0.218. The molecule has 1 unspecified atom stereocenters. The van der Waals surface area contributed by atoms with Gasteiger partial charge >= 0.3 is 0 Å². The quantitative estimate of drug-likeness (QED) is 0.925. The molecule has 1 fully saturated rings. The topological polar surface area (TPSA) is 22.3 Å². The first-order valence-corrected chi connectivity index (χ1v) is 7.95. The molecule has 2 aliphatic heterocycles. The van der Waals surface area contributed by atoms with Crippen molar-refractivity contribution in [3.05, 3.63) is 30.0 Å². The molecule has 0 saturated carbocycles. The maximum absolute atomic E-state index is 3.43. The van der Waals surface area contributed by atoms with Gasteiger partial charge in [0.15, 0.2) is 0 Å². The van der Waals surface area contributed by atoms with E-state index in [2.05, 4.69) is 46.1 Å². The minimum atomic E-state index is 0.662. The Balaban J connectivity index is 1.63. The highest BCUT2D eigenvalue weighted by molar-refractivity contribution is 5.96. The highest BCUT2D eigenvalue weighted by Gasteiger charge is 2.32. The highest BCUT2D eigenvalue weighted by Crippen LogP contribution is 2.37. The molecule has 1 aromatic carbocycles. The van der Waals surface area contributed by atoms with Crippen LogP contribution in [0.5, 0.6) is 0 Å². The molecule has 4 rings (SSSR count). The Morgan fingerprint density at radius 3 is 3.15 bits per heavy atom. The number of aromatic amines is 1. The number of benzene rings is 1. The molecule has 106 valence electrons. The molecule has 20 heavy (non-hydrogen) atoms. The number of piperazine rings is 1. The van der Waals surface area contributed by atoms with Crippen molar-refractivity contribution in [2.45, 2.75) is 32.2 Å². The first kappa shape index (κ1) is 12.3. The molecule has 1 atom stereocenters. The van der Waals surface area contributed by atoms with Crippen molar-refractivity contribution in [1.29, 1.82) is 0 Å². The van der Waals surface area contributed by atoms with Crippen molar-refractivity contribution < 1.29 is 0 Å². The van der Waals surface area contributed by atoms with Crippen LogP contribution in [0.15, 0.2) is 24.4 Å². The van der Waals surface area contributed by atoms with Gasteiger partial charge in [-0.1, -0.05) is 19.4 Å². The molecule has 1 saturated heterocycles. The van der Waals surface area contributed by atoms with Crippen molar-refractivity contribution >= 4 is 16.6 Å². The lowest BCUT2D eigenvalue weighted by atomic mass is 9.94. The number of nitrogens with zero attached hydrogens (tertiary/aromatic N) is 2. The highest BCUT2D eigenvalue weighted by atomic mass is 15.3. The largest absolute Gasteiger partial charge is 0.365 e. The molecule has 3 nitrogen and oxygen atoms in total. The molecule has 0 spiro atoms. The number of anilines is 1. The second kappa shape index (κ2) is 4.81. The molecule has 0 radical (unpaired) electrons. The van der Waals surface area contributed by atoms with Crippen LogP contribution in [-0.2, 0) is 6.42 Å². The van der Waals surface area contributed by atoms with Crippen molar-refractivity contribution in [1.82, 2.24) is 9.88 Å². The fraction of sp³-hybridized carbons (Fsp3) is 0.529. The molecular formula is C17H23N3. The Kier molecular flexibility index (Phi) is 2.95. The zero-order valence-corrected chi connectivity index (χ0v) is 12.2. The van der Waals surface area contributed by atoms with E-state index in [9.17, 15) is 0 Å². The summed E-state index contributed by atoms with van der Waals surface area (Å²) in [6, 6.07) is 7.34. The summed E-state index contributed by atoms with van der Waals surface area (Å²) < 4.78 is 0. The zero-order chi connectivity index (χ0) is 13.5. The standard InChI is InChI=1S/C17H23N3/c1-2-3-7-19-8-9-20-14(12-19)10-13-11-18-15-5-4-6-16(20)17(13)15/h4-6,11,14,18H,2-3,7-10,12H2,1H3. The second-order valence-corrected chi connectivity index (χ2v) is 6.22. The van der Waals surface area contributed by atoms with Gasteiger partial charge in [0.2, 0.25) is 0 Å². The summed E-state index contributed by atoms with van der Waals surface area (Å²) in [4.78, 5) is 8.73. The van der Waals surface area contributed by atoms with Gasteiger partial charge in [0.25, 0.3) is 0 Å². The summed E-state index contributed by atoms with van der Waals surface area (Å²) in [5.41, 5.74) is 4.25. The van der Waals surface area contributed by atoms with Crippen molar-refractivity contribution in [3.8, 4) is 0 Å². The van der Waals surface area contributed by atoms with E-state index in [0.29, 0.717) is 6.04 Å². The minimum absolute atomic E-state index is 0.662. The number of aromatic nitrogens is 1. The van der Waals surface area contributed by atoms with Gasteiger partial charge in [-0.25, -0.2) is 0 Å². The molecule has 2 aromatic rings. The number of rotatable bonds is 3. The summed E-state index contributed by atoms with van der Waals surface area (Å²) in [6.45, 7) is 7.17.